The lowest BCUT2D eigenvalue weighted by Crippen LogP contribution is -2.07. The number of fused-ring (bicyclic) bond motifs is 1. The van der Waals surface area contributed by atoms with Gasteiger partial charge in [-0.25, -0.2) is 0 Å². The van der Waals surface area contributed by atoms with Gasteiger partial charge in [-0.15, -0.1) is 0 Å². The van der Waals surface area contributed by atoms with Crippen LogP contribution in [0.4, 0.5) is 5.82 Å². The van der Waals surface area contributed by atoms with Crippen molar-refractivity contribution in [3.05, 3.63) is 11.8 Å². The fourth-order valence-corrected chi connectivity index (χ4v) is 2.82. The number of nitrogen functional groups attached to an aromatic ring is 1. The summed E-state index contributed by atoms with van der Waals surface area (Å²) in [6.45, 7) is 0. The van der Waals surface area contributed by atoms with Crippen molar-refractivity contribution < 1.29 is 0 Å². The summed E-state index contributed by atoms with van der Waals surface area (Å²) in [6, 6.07) is 2.05. The molecule has 1 heterocycles. The molecule has 3 heteroatoms. The van der Waals surface area contributed by atoms with E-state index < -0.39 is 0 Å². The lowest BCUT2D eigenvalue weighted by Gasteiger charge is -2.18. The van der Waals surface area contributed by atoms with E-state index in [4.69, 9.17) is 5.73 Å². The molecule has 0 saturated heterocycles. The van der Waals surface area contributed by atoms with Crippen LogP contribution in [-0.4, -0.2) is 9.78 Å². The number of rotatable bonds is 1. The van der Waals surface area contributed by atoms with Crippen LogP contribution in [0.15, 0.2) is 6.07 Å². The SMILES string of the molecule is Cn1nc(C2CCC3CC3C2)cc1N. The van der Waals surface area contributed by atoms with Gasteiger partial charge in [0, 0.05) is 19.0 Å². The Bertz CT molecular complexity index is 336. The molecule has 1 aromatic rings. The van der Waals surface area contributed by atoms with Crippen molar-refractivity contribution in [2.45, 2.75) is 31.6 Å². The summed E-state index contributed by atoms with van der Waals surface area (Å²) in [5, 5.41) is 4.48. The van der Waals surface area contributed by atoms with Crippen molar-refractivity contribution in [3.63, 3.8) is 0 Å². The average Bonchev–Trinajstić information content (AvgIpc) is 2.87. The Morgan fingerprint density at radius 1 is 1.36 bits per heavy atom. The second-order valence-corrected chi connectivity index (χ2v) is 4.88. The summed E-state index contributed by atoms with van der Waals surface area (Å²) in [5.74, 6) is 3.55. The first-order chi connectivity index (χ1) is 6.74. The average molecular weight is 191 g/mol. The Morgan fingerprint density at radius 2 is 2.21 bits per heavy atom. The van der Waals surface area contributed by atoms with Crippen LogP contribution >= 0.6 is 0 Å². The molecule has 2 fully saturated rings. The van der Waals surface area contributed by atoms with Crippen LogP contribution in [0.25, 0.3) is 0 Å². The highest BCUT2D eigenvalue weighted by molar-refractivity contribution is 5.32. The number of nitrogens with two attached hydrogens (primary N) is 1. The molecule has 2 N–H and O–H groups in total. The van der Waals surface area contributed by atoms with Crippen LogP contribution in [0.5, 0.6) is 0 Å². The zero-order valence-corrected chi connectivity index (χ0v) is 8.61. The number of nitrogens with zero attached hydrogens (tertiary/aromatic N) is 2. The first-order valence-corrected chi connectivity index (χ1v) is 5.53. The van der Waals surface area contributed by atoms with Crippen LogP contribution in [0.3, 0.4) is 0 Å². The maximum absolute atomic E-state index is 5.79. The quantitative estimate of drug-likeness (QED) is 0.736. The summed E-state index contributed by atoms with van der Waals surface area (Å²) < 4.78 is 1.79. The van der Waals surface area contributed by atoms with Gasteiger partial charge in [0.2, 0.25) is 0 Å². The van der Waals surface area contributed by atoms with Crippen molar-refractivity contribution in [2.24, 2.45) is 18.9 Å². The molecule has 3 rings (SSSR count). The molecule has 2 saturated carbocycles. The molecule has 0 spiro atoms. The number of hydrogen-bond acceptors (Lipinski definition) is 2. The van der Waals surface area contributed by atoms with E-state index in [-0.39, 0.29) is 0 Å². The zero-order valence-electron chi connectivity index (χ0n) is 8.61. The highest BCUT2D eigenvalue weighted by Crippen LogP contribution is 2.53. The Hall–Kier alpha value is -0.990. The number of hydrogen-bond donors (Lipinski definition) is 1. The summed E-state index contributed by atoms with van der Waals surface area (Å²) >= 11 is 0. The van der Waals surface area contributed by atoms with Gasteiger partial charge in [0.1, 0.15) is 5.82 Å². The van der Waals surface area contributed by atoms with Gasteiger partial charge in [-0.3, -0.25) is 4.68 Å². The highest BCUT2D eigenvalue weighted by Gasteiger charge is 2.42. The third-order valence-electron chi connectivity index (χ3n) is 3.90. The summed E-state index contributed by atoms with van der Waals surface area (Å²) in [5.41, 5.74) is 7.01. The van der Waals surface area contributed by atoms with E-state index in [2.05, 4.69) is 5.10 Å². The molecular formula is C11H17N3. The van der Waals surface area contributed by atoms with Crippen LogP contribution in [-0.2, 0) is 7.05 Å². The summed E-state index contributed by atoms with van der Waals surface area (Å²) in [7, 11) is 1.92. The largest absolute Gasteiger partial charge is 0.384 e. The maximum atomic E-state index is 5.79. The van der Waals surface area contributed by atoms with Gasteiger partial charge in [0.15, 0.2) is 0 Å². The van der Waals surface area contributed by atoms with Crippen molar-refractivity contribution in [2.75, 3.05) is 5.73 Å². The minimum absolute atomic E-state index is 0.683. The second kappa shape index (κ2) is 2.75. The lowest BCUT2D eigenvalue weighted by molar-refractivity contribution is 0.415. The molecule has 0 bridgehead atoms. The monoisotopic (exact) mass is 191 g/mol. The van der Waals surface area contributed by atoms with Crippen molar-refractivity contribution in [1.29, 1.82) is 0 Å². The van der Waals surface area contributed by atoms with Gasteiger partial charge in [0.05, 0.1) is 5.69 Å². The van der Waals surface area contributed by atoms with Gasteiger partial charge >= 0.3 is 0 Å². The Balaban J connectivity index is 1.80. The Kier molecular flexibility index (Phi) is 1.64. The van der Waals surface area contributed by atoms with E-state index in [1.807, 2.05) is 13.1 Å². The van der Waals surface area contributed by atoms with Gasteiger partial charge in [-0.05, 0) is 37.5 Å². The van der Waals surface area contributed by atoms with Crippen LogP contribution in [0.1, 0.15) is 37.3 Å². The molecule has 0 aromatic carbocycles. The molecule has 1 aromatic heterocycles. The van der Waals surface area contributed by atoms with Crippen molar-refractivity contribution in [3.8, 4) is 0 Å². The molecule has 2 aliphatic rings. The third kappa shape index (κ3) is 1.22. The van der Waals surface area contributed by atoms with E-state index in [1.165, 1.54) is 31.4 Å². The molecule has 76 valence electrons. The van der Waals surface area contributed by atoms with Gasteiger partial charge in [-0.1, -0.05) is 0 Å². The van der Waals surface area contributed by atoms with Gasteiger partial charge in [0.25, 0.3) is 0 Å². The first-order valence-electron chi connectivity index (χ1n) is 5.53. The molecule has 0 aliphatic heterocycles. The molecule has 14 heavy (non-hydrogen) atoms. The van der Waals surface area contributed by atoms with Gasteiger partial charge in [-0.2, -0.15) is 5.10 Å². The molecule has 3 nitrogen and oxygen atoms in total. The minimum Gasteiger partial charge on any atom is -0.384 e. The predicted molar refractivity (Wildman–Crippen MR) is 55.8 cm³/mol. The normalized spacial score (nSPS) is 35.4. The van der Waals surface area contributed by atoms with Crippen molar-refractivity contribution >= 4 is 5.82 Å². The fraction of sp³-hybridized carbons (Fsp3) is 0.727. The van der Waals surface area contributed by atoms with Gasteiger partial charge < -0.3 is 5.73 Å². The molecule has 2 aliphatic carbocycles. The molecule has 0 radical (unpaired) electrons. The topological polar surface area (TPSA) is 43.8 Å². The van der Waals surface area contributed by atoms with Crippen LogP contribution in [0, 0.1) is 11.8 Å². The maximum Gasteiger partial charge on any atom is 0.121 e. The smallest absolute Gasteiger partial charge is 0.121 e. The number of aromatic nitrogens is 2. The summed E-state index contributed by atoms with van der Waals surface area (Å²) in [6.07, 6.45) is 5.55. The lowest BCUT2D eigenvalue weighted by atomic mass is 9.87. The number of aryl methyl sites for hydroxylation is 1. The number of anilines is 1. The van der Waals surface area contributed by atoms with E-state index >= 15 is 0 Å². The Morgan fingerprint density at radius 3 is 2.86 bits per heavy atom. The minimum atomic E-state index is 0.683. The molecule has 3 unspecified atom stereocenters. The van der Waals surface area contributed by atoms with E-state index in [0.717, 1.165) is 17.7 Å². The zero-order chi connectivity index (χ0) is 9.71. The standard InChI is InChI=1S/C11H17N3/c1-14-11(12)6-10(13-14)8-3-2-7-4-9(7)5-8/h6-9H,2-5,12H2,1H3. The Labute approximate surface area is 84.3 Å². The predicted octanol–water partition coefficient (Wildman–Crippen LogP) is 1.91. The van der Waals surface area contributed by atoms with Crippen molar-refractivity contribution in [1.82, 2.24) is 9.78 Å². The van der Waals surface area contributed by atoms with E-state index in [0.29, 0.717) is 5.92 Å². The molecular weight excluding hydrogens is 174 g/mol. The van der Waals surface area contributed by atoms with Crippen LogP contribution < -0.4 is 5.73 Å². The molecule has 0 amide bonds. The highest BCUT2D eigenvalue weighted by atomic mass is 15.3. The second-order valence-electron chi connectivity index (χ2n) is 4.88. The fourth-order valence-electron chi connectivity index (χ4n) is 2.82. The third-order valence-corrected chi connectivity index (χ3v) is 3.90. The van der Waals surface area contributed by atoms with E-state index in [9.17, 15) is 0 Å². The van der Waals surface area contributed by atoms with E-state index in [1.54, 1.807) is 4.68 Å². The first kappa shape index (κ1) is 8.33. The molecule has 3 atom stereocenters. The van der Waals surface area contributed by atoms with Crippen LogP contribution in [0.2, 0.25) is 0 Å². The summed E-state index contributed by atoms with van der Waals surface area (Å²) in [4.78, 5) is 0.